The standard InChI is InChI=1S/C7H9O6P/c1-4(7(10)11)12-5(8)2-3-6(9)13-14/h2-4H,14H2,1H3,(H,10,11)/b3-2+/t4-/m0/s1. The van der Waals surface area contributed by atoms with Gasteiger partial charge in [-0.2, -0.15) is 0 Å². The SMILES string of the molecule is C[C@H](OC(=O)/C=C/C(=O)OP)C(=O)O. The molecule has 6 nitrogen and oxygen atoms in total. The van der Waals surface area contributed by atoms with E-state index in [1.807, 2.05) is 0 Å². The molecule has 0 fully saturated rings. The van der Waals surface area contributed by atoms with E-state index >= 15 is 0 Å². The maximum atomic E-state index is 10.8. The quantitative estimate of drug-likeness (QED) is 0.404. The van der Waals surface area contributed by atoms with Crippen molar-refractivity contribution in [2.45, 2.75) is 13.0 Å². The van der Waals surface area contributed by atoms with Crippen LogP contribution in [0.2, 0.25) is 0 Å². The minimum absolute atomic E-state index is 0.755. The fourth-order valence-corrected chi connectivity index (χ4v) is 0.518. The summed E-state index contributed by atoms with van der Waals surface area (Å²) >= 11 is 0. The number of carbonyl (C=O) groups excluding carboxylic acids is 2. The van der Waals surface area contributed by atoms with Crippen LogP contribution in [-0.4, -0.2) is 29.1 Å². The van der Waals surface area contributed by atoms with Gasteiger partial charge >= 0.3 is 17.9 Å². The molecule has 0 amide bonds. The Morgan fingerprint density at radius 2 is 1.79 bits per heavy atom. The van der Waals surface area contributed by atoms with E-state index in [1.165, 1.54) is 6.92 Å². The first-order valence-electron chi connectivity index (χ1n) is 3.49. The first-order chi connectivity index (χ1) is 6.47. The zero-order valence-electron chi connectivity index (χ0n) is 7.30. The van der Waals surface area contributed by atoms with Crippen LogP contribution in [0.1, 0.15) is 6.92 Å². The average Bonchev–Trinajstić information content (AvgIpc) is 2.13. The Hall–Kier alpha value is -1.42. The molecular weight excluding hydrogens is 211 g/mol. The van der Waals surface area contributed by atoms with Gasteiger partial charge < -0.3 is 14.4 Å². The number of hydrogen-bond donors (Lipinski definition) is 1. The lowest BCUT2D eigenvalue weighted by molar-refractivity contribution is -0.159. The minimum atomic E-state index is -1.26. The van der Waals surface area contributed by atoms with E-state index in [4.69, 9.17) is 5.11 Å². The van der Waals surface area contributed by atoms with Crippen molar-refractivity contribution in [2.75, 3.05) is 0 Å². The molecule has 1 N–H and O–H groups in total. The van der Waals surface area contributed by atoms with Gasteiger partial charge in [0.1, 0.15) is 0 Å². The molecule has 1 unspecified atom stereocenters. The van der Waals surface area contributed by atoms with E-state index in [2.05, 4.69) is 9.26 Å². The van der Waals surface area contributed by atoms with E-state index in [9.17, 15) is 14.4 Å². The van der Waals surface area contributed by atoms with Crippen molar-refractivity contribution in [3.8, 4) is 0 Å². The summed E-state index contributed by atoms with van der Waals surface area (Å²) in [4.78, 5) is 31.5. The van der Waals surface area contributed by atoms with Crippen LogP contribution in [0.3, 0.4) is 0 Å². The number of rotatable bonds is 4. The zero-order chi connectivity index (χ0) is 11.1. The molecule has 0 heterocycles. The van der Waals surface area contributed by atoms with Crippen LogP contribution in [0.25, 0.3) is 0 Å². The number of aliphatic carboxylic acids is 1. The molecule has 0 aliphatic heterocycles. The van der Waals surface area contributed by atoms with Crippen LogP contribution in [-0.2, 0) is 23.6 Å². The van der Waals surface area contributed by atoms with Gasteiger partial charge in [-0.3, -0.25) is 0 Å². The summed E-state index contributed by atoms with van der Waals surface area (Å²) in [7, 11) is 1.70. The van der Waals surface area contributed by atoms with E-state index < -0.39 is 24.0 Å². The number of carbonyl (C=O) groups is 3. The fourth-order valence-electron chi connectivity index (χ4n) is 0.439. The van der Waals surface area contributed by atoms with Gasteiger partial charge in [0.2, 0.25) is 0 Å². The second-order valence-corrected chi connectivity index (χ2v) is 2.42. The highest BCUT2D eigenvalue weighted by molar-refractivity contribution is 7.10. The Kier molecular flexibility index (Phi) is 5.48. The molecule has 78 valence electrons. The molecule has 0 radical (unpaired) electrons. The van der Waals surface area contributed by atoms with Crippen LogP contribution in [0, 0.1) is 0 Å². The molecule has 0 rings (SSSR count). The van der Waals surface area contributed by atoms with Gasteiger partial charge in [-0.05, 0) is 6.92 Å². The van der Waals surface area contributed by atoms with Gasteiger partial charge in [0, 0.05) is 12.2 Å². The van der Waals surface area contributed by atoms with Crippen LogP contribution in [0.15, 0.2) is 12.2 Å². The molecule has 2 atom stereocenters. The van der Waals surface area contributed by atoms with Gasteiger partial charge in [-0.15, -0.1) is 0 Å². The Morgan fingerprint density at radius 3 is 2.21 bits per heavy atom. The smallest absolute Gasteiger partial charge is 0.344 e. The van der Waals surface area contributed by atoms with E-state index in [0.717, 1.165) is 12.2 Å². The monoisotopic (exact) mass is 220 g/mol. The minimum Gasteiger partial charge on any atom is -0.479 e. The summed E-state index contributed by atoms with van der Waals surface area (Å²) in [6, 6.07) is 0. The molecule has 0 saturated heterocycles. The van der Waals surface area contributed by atoms with Crippen LogP contribution >= 0.6 is 9.47 Å². The predicted octanol–water partition coefficient (Wildman–Crippen LogP) is -0.108. The molecule has 7 heteroatoms. The molecule has 0 aromatic carbocycles. The first kappa shape index (κ1) is 12.6. The lowest BCUT2D eigenvalue weighted by Gasteiger charge is -2.05. The van der Waals surface area contributed by atoms with Crippen molar-refractivity contribution in [3.05, 3.63) is 12.2 Å². The lowest BCUT2D eigenvalue weighted by atomic mass is 10.4. The van der Waals surface area contributed by atoms with Gasteiger partial charge in [0.25, 0.3) is 0 Å². The van der Waals surface area contributed by atoms with Gasteiger partial charge in [0.15, 0.2) is 6.10 Å². The number of esters is 1. The zero-order valence-corrected chi connectivity index (χ0v) is 8.45. The molecule has 0 aromatic rings. The first-order valence-corrected chi connectivity index (χ1v) is 3.96. The molecule has 0 aliphatic rings. The van der Waals surface area contributed by atoms with Crippen molar-refractivity contribution >= 4 is 27.4 Å². The highest BCUT2D eigenvalue weighted by Crippen LogP contribution is 1.94. The third-order valence-electron chi connectivity index (χ3n) is 1.11. The summed E-state index contributed by atoms with van der Waals surface area (Å²) in [6.07, 6.45) is 0.356. The topological polar surface area (TPSA) is 89.9 Å². The highest BCUT2D eigenvalue weighted by atomic mass is 31.0. The maximum absolute atomic E-state index is 10.8. The summed E-state index contributed by atoms with van der Waals surface area (Å²) in [6.45, 7) is 1.20. The van der Waals surface area contributed by atoms with Crippen molar-refractivity contribution in [1.29, 1.82) is 0 Å². The molecule has 0 bridgehead atoms. The molecule has 14 heavy (non-hydrogen) atoms. The summed E-state index contributed by atoms with van der Waals surface area (Å²) < 4.78 is 8.49. The fraction of sp³-hybridized carbons (Fsp3) is 0.286. The Labute approximate surface area is 82.2 Å². The largest absolute Gasteiger partial charge is 0.479 e. The third-order valence-corrected chi connectivity index (χ3v) is 1.34. The molecular formula is C7H9O6P. The second-order valence-electron chi connectivity index (χ2n) is 2.19. The second kappa shape index (κ2) is 6.10. The van der Waals surface area contributed by atoms with Crippen LogP contribution in [0.4, 0.5) is 0 Å². The Bertz CT molecular complexity index is 271. The number of hydrogen-bond acceptors (Lipinski definition) is 5. The normalized spacial score (nSPS) is 12.1. The van der Waals surface area contributed by atoms with E-state index in [-0.39, 0.29) is 0 Å². The van der Waals surface area contributed by atoms with Crippen molar-refractivity contribution in [3.63, 3.8) is 0 Å². The maximum Gasteiger partial charge on any atom is 0.344 e. The predicted molar refractivity (Wildman–Crippen MR) is 48.1 cm³/mol. The van der Waals surface area contributed by atoms with Crippen LogP contribution < -0.4 is 0 Å². The molecule has 0 saturated carbocycles. The third kappa shape index (κ3) is 5.27. The Balaban J connectivity index is 4.05. The van der Waals surface area contributed by atoms with Gasteiger partial charge in [-0.25, -0.2) is 14.4 Å². The van der Waals surface area contributed by atoms with E-state index in [1.54, 1.807) is 9.47 Å². The Morgan fingerprint density at radius 1 is 1.29 bits per heavy atom. The number of carboxylic acid groups (broad SMARTS) is 1. The van der Waals surface area contributed by atoms with Gasteiger partial charge in [0.05, 0.1) is 9.47 Å². The summed E-state index contributed by atoms with van der Waals surface area (Å²) in [5.41, 5.74) is 0. The average molecular weight is 220 g/mol. The highest BCUT2D eigenvalue weighted by Gasteiger charge is 2.14. The molecule has 0 spiro atoms. The van der Waals surface area contributed by atoms with Gasteiger partial charge in [-0.1, -0.05) is 0 Å². The van der Waals surface area contributed by atoms with Crippen molar-refractivity contribution in [2.24, 2.45) is 0 Å². The van der Waals surface area contributed by atoms with Crippen molar-refractivity contribution in [1.82, 2.24) is 0 Å². The summed E-state index contributed by atoms with van der Waals surface area (Å²) in [5, 5.41) is 8.36. The van der Waals surface area contributed by atoms with Crippen LogP contribution in [0.5, 0.6) is 0 Å². The lowest BCUT2D eigenvalue weighted by Crippen LogP contribution is -2.22. The van der Waals surface area contributed by atoms with E-state index in [0.29, 0.717) is 0 Å². The summed E-state index contributed by atoms with van der Waals surface area (Å²) in [5.74, 6) is -2.94. The number of ether oxygens (including phenoxy) is 1. The molecule has 0 aromatic heterocycles. The number of carboxylic acids is 1. The van der Waals surface area contributed by atoms with Crippen molar-refractivity contribution < 1.29 is 28.8 Å². The molecule has 0 aliphatic carbocycles.